The molecule has 0 aromatic heterocycles. The number of hydrogen-bond acceptors (Lipinski definition) is 5. The van der Waals surface area contributed by atoms with Gasteiger partial charge in [0.2, 0.25) is 0 Å². The Labute approximate surface area is 161 Å². The summed E-state index contributed by atoms with van der Waals surface area (Å²) in [5, 5.41) is 0. The fraction of sp³-hybridized carbons (Fsp3) is 0.300. The van der Waals surface area contributed by atoms with E-state index in [9.17, 15) is 13.2 Å². The lowest BCUT2D eigenvalue weighted by atomic mass is 10.2. The van der Waals surface area contributed by atoms with Gasteiger partial charge >= 0.3 is 6.36 Å². The van der Waals surface area contributed by atoms with Gasteiger partial charge in [-0.05, 0) is 42.0 Å². The first-order chi connectivity index (χ1) is 13.4. The summed E-state index contributed by atoms with van der Waals surface area (Å²) in [4.78, 5) is 4.26. The summed E-state index contributed by atoms with van der Waals surface area (Å²) in [6.45, 7) is 2.52. The van der Waals surface area contributed by atoms with E-state index >= 15 is 0 Å². The smallest absolute Gasteiger partial charge is 0.489 e. The highest BCUT2D eigenvalue weighted by Crippen LogP contribution is 2.25. The van der Waals surface area contributed by atoms with Crippen LogP contribution >= 0.6 is 0 Å². The number of methoxy groups -OCH3 is 1. The van der Waals surface area contributed by atoms with Gasteiger partial charge in [0.15, 0.2) is 0 Å². The number of halogens is 3. The first kappa shape index (κ1) is 19.9. The van der Waals surface area contributed by atoms with Crippen molar-refractivity contribution in [2.75, 3.05) is 31.8 Å². The minimum atomic E-state index is -4.69. The van der Waals surface area contributed by atoms with E-state index in [4.69, 9.17) is 9.47 Å². The van der Waals surface area contributed by atoms with E-state index in [0.717, 1.165) is 24.5 Å². The van der Waals surface area contributed by atoms with Gasteiger partial charge in [0.1, 0.15) is 18.1 Å². The van der Waals surface area contributed by atoms with Crippen LogP contribution in [0.15, 0.2) is 60.9 Å². The molecular weight excluding hydrogens is 373 g/mol. The lowest BCUT2D eigenvalue weighted by molar-refractivity contribution is -0.274. The maximum atomic E-state index is 12.2. The third-order valence-electron chi connectivity index (χ3n) is 4.10. The minimum Gasteiger partial charge on any atom is -0.489 e. The second-order valence-electron chi connectivity index (χ2n) is 6.19. The highest BCUT2D eigenvalue weighted by molar-refractivity contribution is 5.52. The number of rotatable bonds is 8. The van der Waals surface area contributed by atoms with Crippen LogP contribution in [0.2, 0.25) is 0 Å². The lowest BCUT2D eigenvalue weighted by Gasteiger charge is -2.21. The van der Waals surface area contributed by atoms with Gasteiger partial charge in [-0.1, -0.05) is 12.1 Å². The van der Waals surface area contributed by atoms with Crippen LogP contribution in [0.1, 0.15) is 5.56 Å². The van der Waals surface area contributed by atoms with Crippen LogP contribution in [0.25, 0.3) is 0 Å². The van der Waals surface area contributed by atoms with Gasteiger partial charge in [0.25, 0.3) is 0 Å². The maximum Gasteiger partial charge on any atom is 0.573 e. The van der Waals surface area contributed by atoms with Gasteiger partial charge in [-0.25, -0.2) is 0 Å². The van der Waals surface area contributed by atoms with Crippen molar-refractivity contribution in [1.29, 1.82) is 0 Å². The molecule has 0 atom stereocenters. The van der Waals surface area contributed by atoms with Crippen LogP contribution in [-0.2, 0) is 11.3 Å². The summed E-state index contributed by atoms with van der Waals surface area (Å²) >= 11 is 0. The summed E-state index contributed by atoms with van der Waals surface area (Å²) in [6.07, 6.45) is -0.656. The summed E-state index contributed by atoms with van der Waals surface area (Å²) in [5.74, 6) is 0.428. The number of alkyl halides is 3. The first-order valence-corrected chi connectivity index (χ1v) is 8.68. The van der Waals surface area contributed by atoms with Crippen molar-refractivity contribution in [1.82, 2.24) is 4.90 Å². The summed E-state index contributed by atoms with van der Waals surface area (Å²) in [5.41, 5.74) is 1.78. The third-order valence-corrected chi connectivity index (χ3v) is 4.10. The zero-order valence-electron chi connectivity index (χ0n) is 15.4. The molecule has 0 amide bonds. The van der Waals surface area contributed by atoms with Crippen LogP contribution in [0.5, 0.6) is 11.5 Å². The summed E-state index contributed by atoms with van der Waals surface area (Å²) < 4.78 is 51.1. The van der Waals surface area contributed by atoms with Gasteiger partial charge < -0.3 is 24.0 Å². The molecule has 0 saturated carbocycles. The number of nitrogens with zero attached hydrogens (tertiary/aromatic N) is 2. The van der Waals surface area contributed by atoms with Crippen LogP contribution in [0.4, 0.5) is 18.9 Å². The fourth-order valence-electron chi connectivity index (χ4n) is 2.67. The van der Waals surface area contributed by atoms with E-state index in [1.165, 1.54) is 12.1 Å². The normalized spacial score (nSPS) is 13.9. The molecule has 0 spiro atoms. The Morgan fingerprint density at radius 1 is 0.929 bits per heavy atom. The second kappa shape index (κ2) is 8.88. The molecule has 0 fully saturated rings. The number of ether oxygens (including phenoxy) is 3. The third kappa shape index (κ3) is 5.82. The molecule has 0 aliphatic carbocycles. The summed E-state index contributed by atoms with van der Waals surface area (Å²) in [7, 11) is 1.68. The van der Waals surface area contributed by atoms with E-state index < -0.39 is 6.36 Å². The zero-order valence-corrected chi connectivity index (χ0v) is 15.4. The van der Waals surface area contributed by atoms with E-state index in [0.29, 0.717) is 12.4 Å². The molecule has 1 aliphatic heterocycles. The van der Waals surface area contributed by atoms with Crippen molar-refractivity contribution in [2.45, 2.75) is 13.0 Å². The Hall–Kier alpha value is -2.87. The quantitative estimate of drug-likeness (QED) is 0.665. The lowest BCUT2D eigenvalue weighted by Crippen LogP contribution is -2.27. The van der Waals surface area contributed by atoms with Gasteiger partial charge in [-0.3, -0.25) is 0 Å². The van der Waals surface area contributed by atoms with Gasteiger partial charge in [0.05, 0.1) is 13.3 Å². The average molecular weight is 394 g/mol. The van der Waals surface area contributed by atoms with E-state index in [2.05, 4.69) is 14.5 Å². The van der Waals surface area contributed by atoms with Crippen molar-refractivity contribution in [3.63, 3.8) is 0 Å². The largest absolute Gasteiger partial charge is 0.573 e. The van der Waals surface area contributed by atoms with Gasteiger partial charge in [0, 0.05) is 31.7 Å². The van der Waals surface area contributed by atoms with Gasteiger partial charge in [-0.2, -0.15) is 0 Å². The SMILES string of the molecule is COCCN1C=CN(c2ccc(OCc3ccc(OC(F)(F)F)cc3)cc2)C1. The monoisotopic (exact) mass is 394 g/mol. The Kier molecular flexibility index (Phi) is 6.30. The molecule has 28 heavy (non-hydrogen) atoms. The molecule has 0 saturated heterocycles. The van der Waals surface area contributed by atoms with E-state index in [1.807, 2.05) is 36.7 Å². The van der Waals surface area contributed by atoms with Crippen molar-refractivity contribution in [2.24, 2.45) is 0 Å². The summed E-state index contributed by atoms with van der Waals surface area (Å²) in [6, 6.07) is 13.3. The predicted molar refractivity (Wildman–Crippen MR) is 99.0 cm³/mol. The molecule has 1 aliphatic rings. The Balaban J connectivity index is 1.49. The van der Waals surface area contributed by atoms with Crippen LogP contribution in [0, 0.1) is 0 Å². The highest BCUT2D eigenvalue weighted by Gasteiger charge is 2.30. The van der Waals surface area contributed by atoms with Crippen molar-refractivity contribution in [3.8, 4) is 11.5 Å². The first-order valence-electron chi connectivity index (χ1n) is 8.68. The van der Waals surface area contributed by atoms with Crippen molar-refractivity contribution >= 4 is 5.69 Å². The zero-order chi connectivity index (χ0) is 20.0. The molecule has 0 N–H and O–H groups in total. The average Bonchev–Trinajstić information content (AvgIpc) is 3.14. The van der Waals surface area contributed by atoms with E-state index in [1.54, 1.807) is 19.2 Å². The van der Waals surface area contributed by atoms with Gasteiger partial charge in [-0.15, -0.1) is 13.2 Å². The topological polar surface area (TPSA) is 34.2 Å². The van der Waals surface area contributed by atoms with Crippen LogP contribution in [-0.4, -0.2) is 38.2 Å². The number of anilines is 1. The molecular formula is C20H21F3N2O3. The molecule has 5 nitrogen and oxygen atoms in total. The highest BCUT2D eigenvalue weighted by atomic mass is 19.4. The molecule has 3 rings (SSSR count). The molecule has 0 unspecified atom stereocenters. The Morgan fingerprint density at radius 2 is 1.61 bits per heavy atom. The molecule has 1 heterocycles. The molecule has 8 heteroatoms. The minimum absolute atomic E-state index is 0.250. The standard InChI is InChI=1S/C20H21F3N2O3/c1-26-13-12-24-10-11-25(15-24)17-4-8-18(9-5-17)27-14-16-2-6-19(7-3-16)28-20(21,22)23/h2-11H,12-15H2,1H3. The maximum absolute atomic E-state index is 12.2. The van der Waals surface area contributed by atoms with Crippen LogP contribution < -0.4 is 14.4 Å². The molecule has 2 aromatic carbocycles. The number of hydrogen-bond donors (Lipinski definition) is 0. The number of benzene rings is 2. The molecule has 0 radical (unpaired) electrons. The molecule has 150 valence electrons. The van der Waals surface area contributed by atoms with E-state index in [-0.39, 0.29) is 12.4 Å². The predicted octanol–water partition coefficient (Wildman–Crippen LogP) is 4.36. The Morgan fingerprint density at radius 3 is 2.25 bits per heavy atom. The molecule has 0 bridgehead atoms. The second-order valence-corrected chi connectivity index (χ2v) is 6.19. The van der Waals surface area contributed by atoms with Crippen molar-refractivity contribution < 1.29 is 27.4 Å². The fourth-order valence-corrected chi connectivity index (χ4v) is 2.67. The Bertz CT molecular complexity index is 777. The molecule has 2 aromatic rings. The van der Waals surface area contributed by atoms with Crippen LogP contribution in [0.3, 0.4) is 0 Å². The van der Waals surface area contributed by atoms with Crippen molar-refractivity contribution in [3.05, 3.63) is 66.5 Å².